The van der Waals surface area contributed by atoms with Gasteiger partial charge < -0.3 is 15.4 Å². The fraction of sp³-hybridized carbons (Fsp3) is 0.294. The van der Waals surface area contributed by atoms with Crippen molar-refractivity contribution in [3.05, 3.63) is 53.7 Å². The summed E-state index contributed by atoms with van der Waals surface area (Å²) in [4.78, 5) is 16.2. The number of ether oxygens (including phenoxy) is 1. The molecule has 0 bridgehead atoms. The molecule has 1 aromatic heterocycles. The predicted molar refractivity (Wildman–Crippen MR) is 88.1 cm³/mol. The van der Waals surface area contributed by atoms with Gasteiger partial charge in [0.25, 0.3) is 0 Å². The van der Waals surface area contributed by atoms with E-state index >= 15 is 0 Å². The summed E-state index contributed by atoms with van der Waals surface area (Å²) in [6.45, 7) is 3.37. The van der Waals surface area contributed by atoms with E-state index in [1.54, 1.807) is 19.4 Å². The van der Waals surface area contributed by atoms with Gasteiger partial charge in [-0.2, -0.15) is 0 Å². The fourth-order valence-corrected chi connectivity index (χ4v) is 2.06. The van der Waals surface area contributed by atoms with E-state index in [2.05, 4.69) is 15.6 Å². The number of hydrogen-bond donors (Lipinski definition) is 2. The monoisotopic (exact) mass is 299 g/mol. The Kier molecular flexibility index (Phi) is 5.91. The maximum Gasteiger partial charge on any atom is 0.229 e. The Morgan fingerprint density at radius 3 is 2.82 bits per heavy atom. The third-order valence-corrected chi connectivity index (χ3v) is 3.11. The smallest absolute Gasteiger partial charge is 0.229 e. The highest BCUT2D eigenvalue weighted by molar-refractivity contribution is 5.91. The summed E-state index contributed by atoms with van der Waals surface area (Å²) in [5.41, 5.74) is 3.04. The first kappa shape index (κ1) is 16.0. The molecule has 2 rings (SSSR count). The zero-order valence-corrected chi connectivity index (χ0v) is 12.9. The second-order valence-electron chi connectivity index (χ2n) is 5.07. The van der Waals surface area contributed by atoms with E-state index in [0.717, 1.165) is 23.4 Å². The first-order valence-electron chi connectivity index (χ1n) is 7.21. The summed E-state index contributed by atoms with van der Waals surface area (Å²) in [6, 6.07) is 11.6. The van der Waals surface area contributed by atoms with E-state index in [9.17, 15) is 4.79 Å². The van der Waals surface area contributed by atoms with Crippen LogP contribution in [0.4, 0.5) is 11.5 Å². The van der Waals surface area contributed by atoms with Crippen molar-refractivity contribution in [2.45, 2.75) is 13.3 Å². The fourth-order valence-electron chi connectivity index (χ4n) is 2.06. The second kappa shape index (κ2) is 8.14. The molecule has 116 valence electrons. The van der Waals surface area contributed by atoms with Gasteiger partial charge in [0.1, 0.15) is 5.82 Å². The number of nitrogens with one attached hydrogen (secondary N) is 2. The van der Waals surface area contributed by atoms with E-state index in [1.165, 1.54) is 0 Å². The lowest BCUT2D eigenvalue weighted by molar-refractivity contribution is -0.115. The zero-order chi connectivity index (χ0) is 15.8. The van der Waals surface area contributed by atoms with E-state index in [0.29, 0.717) is 18.8 Å². The van der Waals surface area contributed by atoms with Gasteiger partial charge >= 0.3 is 0 Å². The third-order valence-electron chi connectivity index (χ3n) is 3.11. The molecule has 2 N–H and O–H groups in total. The lowest BCUT2D eigenvalue weighted by atomic mass is 10.1. The first-order valence-corrected chi connectivity index (χ1v) is 7.21. The Morgan fingerprint density at radius 2 is 2.14 bits per heavy atom. The average Bonchev–Trinajstić information content (AvgIpc) is 2.49. The highest BCUT2D eigenvalue weighted by Gasteiger charge is 2.05. The Morgan fingerprint density at radius 1 is 1.27 bits per heavy atom. The Labute approximate surface area is 130 Å². The van der Waals surface area contributed by atoms with Crippen LogP contribution >= 0.6 is 0 Å². The number of carbonyl (C=O) groups is 1. The Hall–Kier alpha value is -2.40. The van der Waals surface area contributed by atoms with Crippen molar-refractivity contribution in [3.8, 4) is 0 Å². The van der Waals surface area contributed by atoms with E-state index in [-0.39, 0.29) is 5.91 Å². The molecule has 5 nitrogen and oxygen atoms in total. The highest BCUT2D eigenvalue weighted by Crippen LogP contribution is 2.10. The van der Waals surface area contributed by atoms with Crippen LogP contribution in [0.3, 0.4) is 0 Å². The molecule has 1 aromatic carbocycles. The minimum atomic E-state index is -0.0711. The molecule has 2 aromatic rings. The van der Waals surface area contributed by atoms with Crippen molar-refractivity contribution in [1.29, 1.82) is 0 Å². The molecule has 1 amide bonds. The number of anilines is 2. The van der Waals surface area contributed by atoms with E-state index in [4.69, 9.17) is 4.74 Å². The van der Waals surface area contributed by atoms with Gasteiger partial charge in [-0.1, -0.05) is 29.8 Å². The molecular weight excluding hydrogens is 278 g/mol. The standard InChI is InChI=1S/C17H21N3O2/c1-13-4-3-5-14(10-13)11-17(21)20-16-7-6-15(12-19-16)18-8-9-22-2/h3-7,10,12,18H,8-9,11H2,1-2H3,(H,19,20,21). The third kappa shape index (κ3) is 5.18. The molecule has 0 atom stereocenters. The second-order valence-corrected chi connectivity index (χ2v) is 5.07. The number of hydrogen-bond acceptors (Lipinski definition) is 4. The summed E-state index contributed by atoms with van der Waals surface area (Å²) >= 11 is 0. The van der Waals surface area contributed by atoms with Crippen LogP contribution in [0.5, 0.6) is 0 Å². The number of nitrogens with zero attached hydrogens (tertiary/aromatic N) is 1. The lowest BCUT2D eigenvalue weighted by Gasteiger charge is -2.08. The molecular formula is C17H21N3O2. The number of methoxy groups -OCH3 is 1. The minimum absolute atomic E-state index is 0.0711. The van der Waals surface area contributed by atoms with Gasteiger partial charge in [-0.25, -0.2) is 4.98 Å². The summed E-state index contributed by atoms with van der Waals surface area (Å²) in [5.74, 6) is 0.480. The quantitative estimate of drug-likeness (QED) is 0.772. The SMILES string of the molecule is COCCNc1ccc(NC(=O)Cc2cccc(C)c2)nc1. The van der Waals surface area contributed by atoms with Crippen LogP contribution in [0.25, 0.3) is 0 Å². The number of aromatic nitrogens is 1. The molecule has 0 aliphatic carbocycles. The first-order chi connectivity index (χ1) is 10.7. The summed E-state index contributed by atoms with van der Waals surface area (Å²) in [6.07, 6.45) is 2.04. The highest BCUT2D eigenvalue weighted by atomic mass is 16.5. The molecule has 0 saturated carbocycles. The van der Waals surface area contributed by atoms with E-state index in [1.807, 2.05) is 37.3 Å². The van der Waals surface area contributed by atoms with Gasteiger partial charge in [-0.05, 0) is 24.6 Å². The molecule has 0 fully saturated rings. The maximum absolute atomic E-state index is 12.0. The van der Waals surface area contributed by atoms with Gasteiger partial charge in [-0.15, -0.1) is 0 Å². The van der Waals surface area contributed by atoms with Gasteiger partial charge in [0.15, 0.2) is 0 Å². The molecule has 5 heteroatoms. The van der Waals surface area contributed by atoms with Crippen LogP contribution in [0, 0.1) is 6.92 Å². The van der Waals surface area contributed by atoms with Crippen molar-refractivity contribution < 1.29 is 9.53 Å². The molecule has 0 spiro atoms. The number of pyridine rings is 1. The van der Waals surface area contributed by atoms with Crippen molar-refractivity contribution in [1.82, 2.24) is 4.98 Å². The van der Waals surface area contributed by atoms with Gasteiger partial charge in [0.05, 0.1) is 24.9 Å². The topological polar surface area (TPSA) is 63.2 Å². The number of carbonyl (C=O) groups excluding carboxylic acids is 1. The molecule has 1 heterocycles. The molecule has 0 unspecified atom stereocenters. The largest absolute Gasteiger partial charge is 0.383 e. The minimum Gasteiger partial charge on any atom is -0.383 e. The number of aryl methyl sites for hydroxylation is 1. The van der Waals surface area contributed by atoms with Crippen molar-refractivity contribution in [3.63, 3.8) is 0 Å². The van der Waals surface area contributed by atoms with Crippen LogP contribution in [-0.2, 0) is 16.0 Å². The molecule has 0 aliphatic heterocycles. The summed E-state index contributed by atoms with van der Waals surface area (Å²) in [5, 5.41) is 5.97. The summed E-state index contributed by atoms with van der Waals surface area (Å²) in [7, 11) is 1.66. The predicted octanol–water partition coefficient (Wildman–Crippen LogP) is 2.63. The number of benzene rings is 1. The van der Waals surface area contributed by atoms with Crippen LogP contribution in [0.1, 0.15) is 11.1 Å². The summed E-state index contributed by atoms with van der Waals surface area (Å²) < 4.78 is 4.96. The van der Waals surface area contributed by atoms with E-state index < -0.39 is 0 Å². The van der Waals surface area contributed by atoms with Crippen molar-refractivity contribution in [2.75, 3.05) is 30.9 Å². The van der Waals surface area contributed by atoms with Gasteiger partial charge in [0, 0.05) is 13.7 Å². The zero-order valence-electron chi connectivity index (χ0n) is 12.9. The molecule has 22 heavy (non-hydrogen) atoms. The Balaban J connectivity index is 1.86. The molecule has 0 aliphatic rings. The van der Waals surface area contributed by atoms with Crippen LogP contribution < -0.4 is 10.6 Å². The lowest BCUT2D eigenvalue weighted by Crippen LogP contribution is -2.15. The van der Waals surface area contributed by atoms with Crippen LogP contribution in [0.15, 0.2) is 42.6 Å². The average molecular weight is 299 g/mol. The molecule has 0 saturated heterocycles. The number of amides is 1. The van der Waals surface area contributed by atoms with Crippen molar-refractivity contribution in [2.24, 2.45) is 0 Å². The van der Waals surface area contributed by atoms with Gasteiger partial charge in [0.2, 0.25) is 5.91 Å². The van der Waals surface area contributed by atoms with Crippen molar-refractivity contribution >= 4 is 17.4 Å². The van der Waals surface area contributed by atoms with Crippen LogP contribution in [0.2, 0.25) is 0 Å². The number of rotatable bonds is 7. The molecule has 0 radical (unpaired) electrons. The Bertz CT molecular complexity index is 612. The normalized spacial score (nSPS) is 10.3. The maximum atomic E-state index is 12.0. The van der Waals surface area contributed by atoms with Gasteiger partial charge in [-0.3, -0.25) is 4.79 Å². The van der Waals surface area contributed by atoms with Crippen LogP contribution in [-0.4, -0.2) is 31.2 Å².